The molecule has 0 spiro atoms. The van der Waals surface area contributed by atoms with Crippen molar-refractivity contribution in [1.29, 1.82) is 0 Å². The second kappa shape index (κ2) is 5.47. The molecule has 0 amide bonds. The van der Waals surface area contributed by atoms with Gasteiger partial charge in [0.2, 0.25) is 0 Å². The number of nitrogens with zero attached hydrogens (tertiary/aromatic N) is 3. The van der Waals surface area contributed by atoms with Crippen LogP contribution in [0.25, 0.3) is 11.2 Å². The molecule has 3 rings (SSSR count). The molecule has 0 N–H and O–H groups in total. The number of aromatic nitrogens is 3. The average Bonchev–Trinajstić information content (AvgIpc) is 2.94. The summed E-state index contributed by atoms with van der Waals surface area (Å²) in [6.45, 7) is 4.81. The van der Waals surface area contributed by atoms with Gasteiger partial charge in [-0.15, -0.1) is 22.9 Å². The number of hydrogen-bond donors (Lipinski definition) is 0. The first-order valence-electron chi connectivity index (χ1n) is 6.25. The van der Waals surface area contributed by atoms with Crippen LogP contribution in [-0.2, 0) is 6.54 Å². The Morgan fingerprint density at radius 1 is 1.45 bits per heavy atom. The summed E-state index contributed by atoms with van der Waals surface area (Å²) >= 11 is 11.5. The first kappa shape index (κ1) is 14.0. The number of thiophene rings is 1. The fraction of sp³-hybridized carbons (Fsp3) is 0.286. The van der Waals surface area contributed by atoms with Gasteiger partial charge in [-0.3, -0.25) is 0 Å². The lowest BCUT2D eigenvalue weighted by Crippen LogP contribution is -2.05. The van der Waals surface area contributed by atoms with Gasteiger partial charge in [-0.1, -0.05) is 0 Å². The molecule has 0 saturated heterocycles. The predicted octanol–water partition coefficient (Wildman–Crippen LogP) is 4.91. The third-order valence-corrected chi connectivity index (χ3v) is 4.66. The SMILES string of the molecule is Cc1ccc(Cn2c(C(C)Cl)nc3cc(Br)cnc32)s1. The molecule has 0 aliphatic rings. The van der Waals surface area contributed by atoms with Crippen LogP contribution < -0.4 is 0 Å². The van der Waals surface area contributed by atoms with Crippen LogP contribution in [0.1, 0.15) is 27.9 Å². The molecule has 0 fully saturated rings. The van der Waals surface area contributed by atoms with Gasteiger partial charge in [0.05, 0.1) is 11.9 Å². The van der Waals surface area contributed by atoms with Crippen molar-refractivity contribution < 1.29 is 0 Å². The highest BCUT2D eigenvalue weighted by Crippen LogP contribution is 2.27. The molecule has 104 valence electrons. The number of alkyl halides is 1. The van der Waals surface area contributed by atoms with Gasteiger partial charge in [0, 0.05) is 20.4 Å². The minimum atomic E-state index is -0.149. The molecule has 0 radical (unpaired) electrons. The van der Waals surface area contributed by atoms with E-state index in [-0.39, 0.29) is 5.38 Å². The summed E-state index contributed by atoms with van der Waals surface area (Å²) in [5.74, 6) is 0.860. The smallest absolute Gasteiger partial charge is 0.160 e. The topological polar surface area (TPSA) is 30.7 Å². The fourth-order valence-electron chi connectivity index (χ4n) is 2.19. The zero-order chi connectivity index (χ0) is 14.3. The van der Waals surface area contributed by atoms with E-state index in [1.54, 1.807) is 17.5 Å². The van der Waals surface area contributed by atoms with E-state index >= 15 is 0 Å². The molecule has 0 aromatic carbocycles. The fourth-order valence-corrected chi connectivity index (χ4v) is 3.55. The Kier molecular flexibility index (Phi) is 3.84. The minimum Gasteiger partial charge on any atom is -0.306 e. The van der Waals surface area contributed by atoms with Crippen molar-refractivity contribution in [3.05, 3.63) is 44.4 Å². The largest absolute Gasteiger partial charge is 0.306 e. The number of fused-ring (bicyclic) bond motifs is 1. The van der Waals surface area contributed by atoms with Crippen molar-refractivity contribution >= 4 is 50.0 Å². The monoisotopic (exact) mass is 369 g/mol. The van der Waals surface area contributed by atoms with Crippen LogP contribution in [0.4, 0.5) is 0 Å². The highest BCUT2D eigenvalue weighted by Gasteiger charge is 2.16. The molecule has 6 heteroatoms. The lowest BCUT2D eigenvalue weighted by Gasteiger charge is -2.08. The highest BCUT2D eigenvalue weighted by molar-refractivity contribution is 9.10. The Labute approximate surface area is 134 Å². The molecule has 3 aromatic rings. The van der Waals surface area contributed by atoms with E-state index in [1.165, 1.54) is 9.75 Å². The van der Waals surface area contributed by atoms with Crippen LogP contribution in [-0.4, -0.2) is 14.5 Å². The van der Waals surface area contributed by atoms with Crippen molar-refractivity contribution in [1.82, 2.24) is 14.5 Å². The number of imidazole rings is 1. The third kappa shape index (κ3) is 2.62. The van der Waals surface area contributed by atoms with Crippen molar-refractivity contribution in [2.75, 3.05) is 0 Å². The second-order valence-corrected chi connectivity index (χ2v) is 7.62. The highest BCUT2D eigenvalue weighted by atomic mass is 79.9. The van der Waals surface area contributed by atoms with Gasteiger partial charge < -0.3 is 4.57 Å². The van der Waals surface area contributed by atoms with Crippen LogP contribution in [0.5, 0.6) is 0 Å². The van der Waals surface area contributed by atoms with Gasteiger partial charge in [0.1, 0.15) is 11.3 Å². The number of hydrogen-bond acceptors (Lipinski definition) is 3. The molecule has 3 aromatic heterocycles. The molecule has 3 heterocycles. The minimum absolute atomic E-state index is 0.149. The number of pyridine rings is 1. The van der Waals surface area contributed by atoms with Gasteiger partial charge in [-0.2, -0.15) is 0 Å². The van der Waals surface area contributed by atoms with Crippen LogP contribution in [0.2, 0.25) is 0 Å². The zero-order valence-corrected chi connectivity index (χ0v) is 14.3. The molecular weight excluding hydrogens is 358 g/mol. The normalized spacial score (nSPS) is 13.0. The molecule has 3 nitrogen and oxygen atoms in total. The Bertz CT molecular complexity index is 763. The van der Waals surface area contributed by atoms with Crippen molar-refractivity contribution in [2.45, 2.75) is 25.8 Å². The number of rotatable bonds is 3. The predicted molar refractivity (Wildman–Crippen MR) is 87.7 cm³/mol. The molecular formula is C14H13BrClN3S. The van der Waals surface area contributed by atoms with Crippen molar-refractivity contribution in [2.24, 2.45) is 0 Å². The van der Waals surface area contributed by atoms with Gasteiger partial charge in [-0.05, 0) is 48.0 Å². The summed E-state index contributed by atoms with van der Waals surface area (Å²) in [7, 11) is 0. The summed E-state index contributed by atoms with van der Waals surface area (Å²) in [5.41, 5.74) is 1.75. The van der Waals surface area contributed by atoms with Crippen LogP contribution in [0.15, 0.2) is 28.9 Å². The third-order valence-electron chi connectivity index (χ3n) is 3.05. The Morgan fingerprint density at radius 3 is 2.90 bits per heavy atom. The van der Waals surface area contributed by atoms with Crippen LogP contribution >= 0.6 is 38.9 Å². The lowest BCUT2D eigenvalue weighted by atomic mass is 10.4. The lowest BCUT2D eigenvalue weighted by molar-refractivity contribution is 0.744. The summed E-state index contributed by atoms with van der Waals surface area (Å²) in [6.07, 6.45) is 1.79. The molecule has 0 aliphatic heterocycles. The first-order valence-corrected chi connectivity index (χ1v) is 8.30. The molecule has 0 aliphatic carbocycles. The maximum Gasteiger partial charge on any atom is 0.160 e. The first-order chi connectivity index (χ1) is 9.54. The summed E-state index contributed by atoms with van der Waals surface area (Å²) in [4.78, 5) is 11.7. The molecule has 0 bridgehead atoms. The van der Waals surface area contributed by atoms with E-state index in [0.717, 1.165) is 28.0 Å². The Morgan fingerprint density at radius 2 is 2.25 bits per heavy atom. The molecule has 0 saturated carbocycles. The second-order valence-electron chi connectivity index (χ2n) is 4.68. The quantitative estimate of drug-likeness (QED) is 0.613. The van der Waals surface area contributed by atoms with Gasteiger partial charge in [0.25, 0.3) is 0 Å². The van der Waals surface area contributed by atoms with Crippen molar-refractivity contribution in [3.63, 3.8) is 0 Å². The van der Waals surface area contributed by atoms with E-state index in [2.05, 4.69) is 49.5 Å². The van der Waals surface area contributed by atoms with E-state index < -0.39 is 0 Å². The van der Waals surface area contributed by atoms with E-state index in [4.69, 9.17) is 11.6 Å². The average molecular weight is 371 g/mol. The summed E-state index contributed by atoms with van der Waals surface area (Å²) in [6, 6.07) is 6.25. The Balaban J connectivity index is 2.13. The maximum absolute atomic E-state index is 6.27. The van der Waals surface area contributed by atoms with Gasteiger partial charge in [-0.25, -0.2) is 9.97 Å². The molecule has 20 heavy (non-hydrogen) atoms. The molecule has 1 atom stereocenters. The van der Waals surface area contributed by atoms with Crippen LogP contribution in [0, 0.1) is 6.92 Å². The number of halogens is 2. The standard InChI is InChI=1S/C14H13BrClN3S/c1-8-3-4-11(20-8)7-19-13(9(2)16)18-12-5-10(15)6-17-14(12)19/h3-6,9H,7H2,1-2H3. The van der Waals surface area contributed by atoms with E-state index in [0.29, 0.717) is 0 Å². The zero-order valence-electron chi connectivity index (χ0n) is 11.1. The van der Waals surface area contributed by atoms with E-state index in [9.17, 15) is 0 Å². The van der Waals surface area contributed by atoms with Gasteiger partial charge in [0.15, 0.2) is 5.65 Å². The summed E-state index contributed by atoms with van der Waals surface area (Å²) in [5, 5.41) is -0.149. The van der Waals surface area contributed by atoms with Gasteiger partial charge >= 0.3 is 0 Å². The molecule has 1 unspecified atom stereocenters. The van der Waals surface area contributed by atoms with Crippen molar-refractivity contribution in [3.8, 4) is 0 Å². The van der Waals surface area contributed by atoms with E-state index in [1.807, 2.05) is 13.0 Å². The van der Waals surface area contributed by atoms with Crippen LogP contribution in [0.3, 0.4) is 0 Å². The maximum atomic E-state index is 6.27. The number of aryl methyl sites for hydroxylation is 1. The summed E-state index contributed by atoms with van der Waals surface area (Å²) < 4.78 is 3.03. The Hall–Kier alpha value is -0.910.